The average molecular weight is 522 g/mol. The van der Waals surface area contributed by atoms with Crippen LogP contribution in [0.2, 0.25) is 0 Å². The largest absolute Gasteiger partial charge is 0.356 e. The number of piperazine rings is 1. The summed E-state index contributed by atoms with van der Waals surface area (Å²) in [5.41, 5.74) is 0. The minimum atomic E-state index is -3.06. The predicted molar refractivity (Wildman–Crippen MR) is 124 cm³/mol. The van der Waals surface area contributed by atoms with Gasteiger partial charge in [-0.25, -0.2) is 17.7 Å². The van der Waals surface area contributed by atoms with Crippen molar-refractivity contribution >= 4 is 45.8 Å². The molecule has 0 atom stereocenters. The van der Waals surface area contributed by atoms with E-state index >= 15 is 0 Å². The molecule has 0 aromatic carbocycles. The van der Waals surface area contributed by atoms with Gasteiger partial charge in [0.2, 0.25) is 10.0 Å². The molecule has 0 unspecified atom stereocenters. The fourth-order valence-electron chi connectivity index (χ4n) is 3.70. The van der Waals surface area contributed by atoms with Gasteiger partial charge in [0, 0.05) is 59.1 Å². The van der Waals surface area contributed by atoms with Gasteiger partial charge >= 0.3 is 0 Å². The van der Waals surface area contributed by atoms with Crippen LogP contribution >= 0.6 is 24.0 Å². The van der Waals surface area contributed by atoms with Gasteiger partial charge in [-0.15, -0.1) is 24.0 Å². The monoisotopic (exact) mass is 522 g/mol. The lowest BCUT2D eigenvalue weighted by Crippen LogP contribution is -2.53. The van der Waals surface area contributed by atoms with Gasteiger partial charge in [0.1, 0.15) is 5.82 Å². The van der Waals surface area contributed by atoms with Crippen LogP contribution in [-0.2, 0) is 10.0 Å². The molecule has 0 bridgehead atoms. The highest BCUT2D eigenvalue weighted by atomic mass is 127. The second-order valence-electron chi connectivity index (χ2n) is 7.20. The first-order valence-electron chi connectivity index (χ1n) is 9.54. The molecule has 2 aliphatic heterocycles. The average Bonchev–Trinajstić information content (AvgIpc) is 2.69. The Hall–Kier alpha value is -1.14. The minimum Gasteiger partial charge on any atom is -0.356 e. The molecule has 0 saturated carbocycles. The number of sulfonamides is 1. The Kier molecular flexibility index (Phi) is 8.75. The van der Waals surface area contributed by atoms with Crippen molar-refractivity contribution in [2.24, 2.45) is 10.9 Å². The van der Waals surface area contributed by atoms with Gasteiger partial charge in [0.05, 0.1) is 6.26 Å². The second-order valence-corrected chi connectivity index (χ2v) is 9.18. The van der Waals surface area contributed by atoms with Gasteiger partial charge < -0.3 is 15.1 Å². The summed E-state index contributed by atoms with van der Waals surface area (Å²) in [4.78, 5) is 13.4. The van der Waals surface area contributed by atoms with E-state index in [0.29, 0.717) is 19.0 Å². The number of nitrogens with one attached hydrogen (secondary N) is 1. The van der Waals surface area contributed by atoms with E-state index in [4.69, 9.17) is 0 Å². The molecule has 28 heavy (non-hydrogen) atoms. The molecule has 2 saturated heterocycles. The lowest BCUT2D eigenvalue weighted by molar-refractivity contribution is 0.271. The number of hydrogen-bond acceptors (Lipinski definition) is 5. The maximum absolute atomic E-state index is 11.6. The number of guanidine groups is 1. The molecular weight excluding hydrogens is 491 g/mol. The maximum atomic E-state index is 11.6. The number of pyridine rings is 1. The third-order valence-corrected chi connectivity index (χ3v) is 6.66. The highest BCUT2D eigenvalue weighted by molar-refractivity contribution is 14.0. The van der Waals surface area contributed by atoms with Crippen LogP contribution in [0.5, 0.6) is 0 Å². The molecule has 8 nitrogen and oxygen atoms in total. The molecule has 0 aliphatic carbocycles. The van der Waals surface area contributed by atoms with Crippen molar-refractivity contribution in [3.05, 3.63) is 24.4 Å². The summed E-state index contributed by atoms with van der Waals surface area (Å²) in [5, 5.41) is 3.49. The highest BCUT2D eigenvalue weighted by Gasteiger charge is 2.26. The molecule has 2 fully saturated rings. The highest BCUT2D eigenvalue weighted by Crippen LogP contribution is 2.18. The Morgan fingerprint density at radius 1 is 1.18 bits per heavy atom. The van der Waals surface area contributed by atoms with Gasteiger partial charge in [0.25, 0.3) is 0 Å². The molecule has 1 aromatic heterocycles. The zero-order valence-corrected chi connectivity index (χ0v) is 19.8. The van der Waals surface area contributed by atoms with Crippen LogP contribution in [0.15, 0.2) is 29.4 Å². The van der Waals surface area contributed by atoms with Crippen molar-refractivity contribution in [2.45, 2.75) is 12.8 Å². The third-order valence-electron chi connectivity index (χ3n) is 5.36. The van der Waals surface area contributed by atoms with Crippen molar-refractivity contribution in [2.75, 3.05) is 64.0 Å². The number of halogens is 1. The molecule has 1 N–H and O–H groups in total. The maximum Gasteiger partial charge on any atom is 0.211 e. The molecule has 0 radical (unpaired) electrons. The molecular formula is C18H31IN6O2S. The van der Waals surface area contributed by atoms with Crippen LogP contribution in [0.4, 0.5) is 5.82 Å². The number of piperidine rings is 1. The summed E-state index contributed by atoms with van der Waals surface area (Å²) < 4.78 is 24.8. The third kappa shape index (κ3) is 6.18. The SMILES string of the molecule is CN=C(NCC1CCN(S(C)(=O)=O)CC1)N1CCN(c2ccccn2)CC1.I. The number of aromatic nitrogens is 1. The van der Waals surface area contributed by atoms with Gasteiger partial charge in [-0.1, -0.05) is 6.07 Å². The normalized spacial score (nSPS) is 20.0. The molecule has 3 rings (SSSR count). The van der Waals surface area contributed by atoms with Crippen LogP contribution in [0.3, 0.4) is 0 Å². The Labute approximate surface area is 185 Å². The minimum absolute atomic E-state index is 0. The van der Waals surface area contributed by atoms with E-state index in [0.717, 1.165) is 57.3 Å². The Morgan fingerprint density at radius 2 is 1.86 bits per heavy atom. The summed E-state index contributed by atoms with van der Waals surface area (Å²) in [5.74, 6) is 2.44. The van der Waals surface area contributed by atoms with Crippen molar-refractivity contribution in [3.63, 3.8) is 0 Å². The summed E-state index contributed by atoms with van der Waals surface area (Å²) in [6.45, 7) is 5.73. The predicted octanol–water partition coefficient (Wildman–Crippen LogP) is 1.07. The van der Waals surface area contributed by atoms with Crippen molar-refractivity contribution < 1.29 is 8.42 Å². The standard InChI is InChI=1S/C18H30N6O2S.HI/c1-19-18(21-15-16-6-9-24(10-7-16)27(2,25)26)23-13-11-22(12-14-23)17-5-3-4-8-20-17;/h3-5,8,16H,6-7,9-15H2,1-2H3,(H,19,21);1H. The van der Waals surface area contributed by atoms with Crippen LogP contribution < -0.4 is 10.2 Å². The Balaban J connectivity index is 0.00000280. The zero-order chi connectivity index (χ0) is 19.3. The molecule has 2 aliphatic rings. The van der Waals surface area contributed by atoms with E-state index < -0.39 is 10.0 Å². The fraction of sp³-hybridized carbons (Fsp3) is 0.667. The number of rotatable bonds is 4. The first-order chi connectivity index (χ1) is 13.0. The van der Waals surface area contributed by atoms with Crippen LogP contribution in [-0.4, -0.2) is 87.7 Å². The molecule has 3 heterocycles. The molecule has 0 spiro atoms. The van der Waals surface area contributed by atoms with E-state index in [1.54, 1.807) is 4.31 Å². The summed E-state index contributed by atoms with van der Waals surface area (Å²) in [7, 11) is -1.24. The van der Waals surface area contributed by atoms with Crippen molar-refractivity contribution in [3.8, 4) is 0 Å². The smallest absolute Gasteiger partial charge is 0.211 e. The molecule has 10 heteroatoms. The molecule has 158 valence electrons. The number of anilines is 1. The first-order valence-corrected chi connectivity index (χ1v) is 11.4. The second kappa shape index (κ2) is 10.6. The van der Waals surface area contributed by atoms with E-state index in [-0.39, 0.29) is 24.0 Å². The Morgan fingerprint density at radius 3 is 2.39 bits per heavy atom. The number of nitrogens with zero attached hydrogens (tertiary/aromatic N) is 5. The summed E-state index contributed by atoms with van der Waals surface area (Å²) in [6.07, 6.45) is 4.91. The van der Waals surface area contributed by atoms with Crippen LogP contribution in [0, 0.1) is 5.92 Å². The van der Waals surface area contributed by atoms with Gasteiger partial charge in [-0.05, 0) is 30.9 Å². The van der Waals surface area contributed by atoms with E-state index in [9.17, 15) is 8.42 Å². The van der Waals surface area contributed by atoms with E-state index in [1.165, 1.54) is 6.26 Å². The zero-order valence-electron chi connectivity index (χ0n) is 16.6. The van der Waals surface area contributed by atoms with E-state index in [2.05, 4.69) is 25.1 Å². The van der Waals surface area contributed by atoms with Crippen molar-refractivity contribution in [1.82, 2.24) is 19.5 Å². The number of aliphatic imine (C=N–C) groups is 1. The lowest BCUT2D eigenvalue weighted by Gasteiger charge is -2.37. The Bertz CT molecular complexity index is 730. The summed E-state index contributed by atoms with van der Waals surface area (Å²) >= 11 is 0. The van der Waals surface area contributed by atoms with Crippen LogP contribution in [0.25, 0.3) is 0 Å². The van der Waals surface area contributed by atoms with E-state index in [1.807, 2.05) is 31.4 Å². The molecule has 0 amide bonds. The van der Waals surface area contributed by atoms with Gasteiger partial charge in [-0.3, -0.25) is 4.99 Å². The summed E-state index contributed by atoms with van der Waals surface area (Å²) in [6, 6.07) is 6.00. The fourth-order valence-corrected chi connectivity index (χ4v) is 4.58. The van der Waals surface area contributed by atoms with Gasteiger partial charge in [-0.2, -0.15) is 0 Å². The lowest BCUT2D eigenvalue weighted by atomic mass is 9.98. The number of hydrogen-bond donors (Lipinski definition) is 1. The van der Waals surface area contributed by atoms with Crippen molar-refractivity contribution in [1.29, 1.82) is 0 Å². The first kappa shape index (κ1) is 23.1. The topological polar surface area (TPSA) is 81.1 Å². The molecule has 1 aromatic rings. The van der Waals surface area contributed by atoms with Gasteiger partial charge in [0.15, 0.2) is 5.96 Å². The van der Waals surface area contributed by atoms with Crippen LogP contribution in [0.1, 0.15) is 12.8 Å². The quantitative estimate of drug-likeness (QED) is 0.362.